The second-order valence-electron chi connectivity index (χ2n) is 4.58. The molecule has 1 aromatic rings. The van der Waals surface area contributed by atoms with Crippen molar-refractivity contribution in [2.75, 3.05) is 13.6 Å². The molecule has 0 aliphatic rings. The van der Waals surface area contributed by atoms with Gasteiger partial charge in [0.2, 0.25) is 0 Å². The van der Waals surface area contributed by atoms with Gasteiger partial charge in [0.05, 0.1) is 11.8 Å². The number of nitrogens with zero attached hydrogens (tertiary/aromatic N) is 1. The number of aliphatic carboxylic acids is 1. The summed E-state index contributed by atoms with van der Waals surface area (Å²) in [7, 11) is 1.67. The molecule has 0 aliphatic heterocycles. The third kappa shape index (κ3) is 3.61. The Morgan fingerprint density at radius 1 is 1.44 bits per heavy atom. The standard InChI is InChI=1S/C13H19NO4/c1-9(2)12-10(6-8-18-12)13(17)14(3)7-4-5-11(15)16/h6,8-9H,4-5,7H2,1-3H3,(H,15,16). The van der Waals surface area contributed by atoms with Crippen LogP contribution in [-0.2, 0) is 4.79 Å². The van der Waals surface area contributed by atoms with E-state index >= 15 is 0 Å². The van der Waals surface area contributed by atoms with Crippen LogP contribution in [0.1, 0.15) is 48.7 Å². The highest BCUT2D eigenvalue weighted by Gasteiger charge is 2.20. The number of carboxylic acids is 1. The molecule has 18 heavy (non-hydrogen) atoms. The fourth-order valence-electron chi connectivity index (χ4n) is 1.72. The summed E-state index contributed by atoms with van der Waals surface area (Å²) in [6, 6.07) is 1.66. The SMILES string of the molecule is CC(C)c1occc1C(=O)N(C)CCCC(=O)O. The highest BCUT2D eigenvalue weighted by atomic mass is 16.4. The molecule has 1 N–H and O–H groups in total. The molecule has 1 rings (SSSR count). The van der Waals surface area contributed by atoms with Crippen LogP contribution in [0.25, 0.3) is 0 Å². The Morgan fingerprint density at radius 2 is 2.11 bits per heavy atom. The minimum absolute atomic E-state index is 0.0695. The molecule has 0 aliphatic carbocycles. The zero-order valence-corrected chi connectivity index (χ0v) is 11.0. The van der Waals surface area contributed by atoms with Crippen LogP contribution < -0.4 is 0 Å². The third-order valence-corrected chi connectivity index (χ3v) is 2.68. The number of furan rings is 1. The van der Waals surface area contributed by atoms with Gasteiger partial charge < -0.3 is 14.4 Å². The molecule has 0 aromatic carbocycles. The summed E-state index contributed by atoms with van der Waals surface area (Å²) in [5.74, 6) is -0.156. The Morgan fingerprint density at radius 3 is 2.67 bits per heavy atom. The maximum Gasteiger partial charge on any atom is 0.303 e. The molecule has 0 unspecified atom stereocenters. The van der Waals surface area contributed by atoms with E-state index in [1.165, 1.54) is 11.2 Å². The van der Waals surface area contributed by atoms with Crippen molar-refractivity contribution in [1.29, 1.82) is 0 Å². The van der Waals surface area contributed by atoms with Crippen molar-refractivity contribution >= 4 is 11.9 Å². The zero-order chi connectivity index (χ0) is 13.7. The molecule has 0 saturated heterocycles. The molecular weight excluding hydrogens is 234 g/mol. The Labute approximate surface area is 106 Å². The molecule has 1 heterocycles. The molecule has 0 radical (unpaired) electrons. The van der Waals surface area contributed by atoms with E-state index in [9.17, 15) is 9.59 Å². The van der Waals surface area contributed by atoms with Gasteiger partial charge in [-0.1, -0.05) is 13.8 Å². The van der Waals surface area contributed by atoms with Crippen LogP contribution in [0.3, 0.4) is 0 Å². The van der Waals surface area contributed by atoms with Crippen LogP contribution in [0.15, 0.2) is 16.7 Å². The van der Waals surface area contributed by atoms with Gasteiger partial charge in [-0.2, -0.15) is 0 Å². The van der Waals surface area contributed by atoms with Crippen LogP contribution in [0, 0.1) is 0 Å². The monoisotopic (exact) mass is 253 g/mol. The second kappa shape index (κ2) is 6.23. The van der Waals surface area contributed by atoms with Crippen molar-refractivity contribution in [3.05, 3.63) is 23.7 Å². The summed E-state index contributed by atoms with van der Waals surface area (Å²) in [5.41, 5.74) is 0.558. The smallest absolute Gasteiger partial charge is 0.303 e. The quantitative estimate of drug-likeness (QED) is 0.844. The van der Waals surface area contributed by atoms with Crippen molar-refractivity contribution in [3.8, 4) is 0 Å². The lowest BCUT2D eigenvalue weighted by atomic mass is 10.1. The van der Waals surface area contributed by atoms with E-state index in [1.807, 2.05) is 13.8 Å². The van der Waals surface area contributed by atoms with Gasteiger partial charge in [-0.3, -0.25) is 9.59 Å². The van der Waals surface area contributed by atoms with Gasteiger partial charge in [0, 0.05) is 25.9 Å². The van der Waals surface area contributed by atoms with Crippen LogP contribution in [-0.4, -0.2) is 35.5 Å². The minimum atomic E-state index is -0.845. The summed E-state index contributed by atoms with van der Waals surface area (Å²) in [4.78, 5) is 24.1. The molecule has 0 saturated carbocycles. The van der Waals surface area contributed by atoms with Crippen molar-refractivity contribution in [2.45, 2.75) is 32.6 Å². The Hall–Kier alpha value is -1.78. The van der Waals surface area contributed by atoms with Gasteiger partial charge in [0.25, 0.3) is 5.91 Å². The van der Waals surface area contributed by atoms with Gasteiger partial charge >= 0.3 is 5.97 Å². The van der Waals surface area contributed by atoms with Crippen LogP contribution >= 0.6 is 0 Å². The molecule has 0 bridgehead atoms. The topological polar surface area (TPSA) is 70.8 Å². The Bertz CT molecular complexity index is 422. The van der Waals surface area contributed by atoms with E-state index in [4.69, 9.17) is 9.52 Å². The second-order valence-corrected chi connectivity index (χ2v) is 4.58. The molecule has 1 aromatic heterocycles. The largest absolute Gasteiger partial charge is 0.481 e. The molecule has 0 fully saturated rings. The number of carboxylic acid groups (broad SMARTS) is 1. The average molecular weight is 253 g/mol. The van der Waals surface area contributed by atoms with Crippen molar-refractivity contribution in [3.63, 3.8) is 0 Å². The maximum absolute atomic E-state index is 12.1. The highest BCUT2D eigenvalue weighted by molar-refractivity contribution is 5.95. The fraction of sp³-hybridized carbons (Fsp3) is 0.538. The number of carbonyl (C=O) groups is 2. The fourth-order valence-corrected chi connectivity index (χ4v) is 1.72. The van der Waals surface area contributed by atoms with Gasteiger partial charge in [-0.15, -0.1) is 0 Å². The summed E-state index contributed by atoms with van der Waals surface area (Å²) < 4.78 is 5.30. The lowest BCUT2D eigenvalue weighted by Gasteiger charge is -2.17. The minimum Gasteiger partial charge on any atom is -0.481 e. The lowest BCUT2D eigenvalue weighted by molar-refractivity contribution is -0.137. The van der Waals surface area contributed by atoms with E-state index in [2.05, 4.69) is 0 Å². The highest BCUT2D eigenvalue weighted by Crippen LogP contribution is 2.21. The predicted molar refractivity (Wildman–Crippen MR) is 66.6 cm³/mol. The van der Waals surface area contributed by atoms with Crippen LogP contribution in [0.5, 0.6) is 0 Å². The molecule has 0 spiro atoms. The molecular formula is C13H19NO4. The van der Waals surface area contributed by atoms with Gasteiger partial charge in [-0.25, -0.2) is 0 Å². The first kappa shape index (κ1) is 14.3. The molecule has 5 heteroatoms. The van der Waals surface area contributed by atoms with Crippen molar-refractivity contribution in [2.24, 2.45) is 0 Å². The molecule has 100 valence electrons. The van der Waals surface area contributed by atoms with Gasteiger partial charge in [0.1, 0.15) is 5.76 Å². The maximum atomic E-state index is 12.1. The normalized spacial score (nSPS) is 10.7. The third-order valence-electron chi connectivity index (χ3n) is 2.68. The van der Waals surface area contributed by atoms with Gasteiger partial charge in [-0.05, 0) is 12.5 Å². The van der Waals surface area contributed by atoms with E-state index in [0.717, 1.165) is 0 Å². The van der Waals surface area contributed by atoms with E-state index in [0.29, 0.717) is 24.3 Å². The average Bonchev–Trinajstić information content (AvgIpc) is 2.76. The van der Waals surface area contributed by atoms with Crippen LogP contribution in [0.2, 0.25) is 0 Å². The summed E-state index contributed by atoms with van der Waals surface area (Å²) in [5, 5.41) is 8.55. The first-order valence-electron chi connectivity index (χ1n) is 5.98. The van der Waals surface area contributed by atoms with E-state index < -0.39 is 5.97 Å². The van der Waals surface area contributed by atoms with E-state index in [-0.39, 0.29) is 18.2 Å². The lowest BCUT2D eigenvalue weighted by Crippen LogP contribution is -2.28. The Balaban J connectivity index is 2.63. The Kier molecular flexibility index (Phi) is 4.95. The predicted octanol–water partition coefficient (Wildman–Crippen LogP) is 2.34. The summed E-state index contributed by atoms with van der Waals surface area (Å²) in [6.07, 6.45) is 2.03. The first-order chi connectivity index (χ1) is 8.43. The first-order valence-corrected chi connectivity index (χ1v) is 5.98. The number of hydrogen-bond donors (Lipinski definition) is 1. The summed E-state index contributed by atoms with van der Waals surface area (Å²) >= 11 is 0. The molecule has 0 atom stereocenters. The van der Waals surface area contributed by atoms with Crippen LogP contribution in [0.4, 0.5) is 0 Å². The number of carbonyl (C=O) groups excluding carboxylic acids is 1. The zero-order valence-electron chi connectivity index (χ0n) is 11.0. The molecule has 1 amide bonds. The number of amides is 1. The number of hydrogen-bond acceptors (Lipinski definition) is 3. The number of rotatable bonds is 6. The van der Waals surface area contributed by atoms with Crippen molar-refractivity contribution < 1.29 is 19.1 Å². The van der Waals surface area contributed by atoms with E-state index in [1.54, 1.807) is 13.1 Å². The van der Waals surface area contributed by atoms with Gasteiger partial charge in [0.15, 0.2) is 0 Å². The summed E-state index contributed by atoms with van der Waals surface area (Å²) in [6.45, 7) is 4.34. The van der Waals surface area contributed by atoms with Crippen molar-refractivity contribution in [1.82, 2.24) is 4.90 Å². The molecule has 5 nitrogen and oxygen atoms in total.